The molecular formula is C14H12N4O3. The Labute approximate surface area is 121 Å². The lowest BCUT2D eigenvalue weighted by molar-refractivity contribution is -0.384. The van der Waals surface area contributed by atoms with Gasteiger partial charge in [0.1, 0.15) is 24.0 Å². The number of aromatic nitrogens is 1. The number of hydrogen-bond acceptors (Lipinski definition) is 6. The van der Waals surface area contributed by atoms with Crippen LogP contribution in [0.25, 0.3) is 0 Å². The average Bonchev–Trinajstić information content (AvgIpc) is 2.52. The van der Waals surface area contributed by atoms with E-state index in [0.717, 1.165) is 0 Å². The summed E-state index contributed by atoms with van der Waals surface area (Å²) in [5, 5.41) is 22.7. The predicted octanol–water partition coefficient (Wildman–Crippen LogP) is 2.35. The van der Waals surface area contributed by atoms with Crippen LogP contribution < -0.4 is 10.1 Å². The first-order valence-electron chi connectivity index (χ1n) is 6.17. The maximum Gasteiger partial charge on any atom is 0.328 e. The number of hydrogen-bond donors (Lipinski definition) is 1. The lowest BCUT2D eigenvalue weighted by atomic mass is 10.2. The fraction of sp³-hybridized carbons (Fsp3) is 0.143. The molecule has 1 aromatic carbocycles. The Morgan fingerprint density at radius 2 is 2.10 bits per heavy atom. The minimum Gasteiger partial charge on any atom is -0.492 e. The van der Waals surface area contributed by atoms with Crippen LogP contribution in [0.15, 0.2) is 42.6 Å². The molecule has 1 aromatic heterocycles. The zero-order valence-corrected chi connectivity index (χ0v) is 11.0. The monoisotopic (exact) mass is 284 g/mol. The molecule has 21 heavy (non-hydrogen) atoms. The summed E-state index contributed by atoms with van der Waals surface area (Å²) < 4.78 is 5.46. The number of benzene rings is 1. The van der Waals surface area contributed by atoms with Crippen LogP contribution in [0, 0.1) is 21.4 Å². The van der Waals surface area contributed by atoms with Gasteiger partial charge in [-0.2, -0.15) is 5.26 Å². The summed E-state index contributed by atoms with van der Waals surface area (Å²) >= 11 is 0. The largest absolute Gasteiger partial charge is 0.492 e. The van der Waals surface area contributed by atoms with Gasteiger partial charge in [0, 0.05) is 6.20 Å². The van der Waals surface area contributed by atoms with Crippen molar-refractivity contribution in [1.82, 2.24) is 4.98 Å². The van der Waals surface area contributed by atoms with E-state index in [9.17, 15) is 10.1 Å². The molecular weight excluding hydrogens is 272 g/mol. The van der Waals surface area contributed by atoms with Crippen molar-refractivity contribution in [3.8, 4) is 11.8 Å². The second kappa shape index (κ2) is 6.86. The van der Waals surface area contributed by atoms with E-state index >= 15 is 0 Å². The standard InChI is InChI=1S/C14H12N4O3/c15-10-11-6-7-16-14(13(11)18(19)20)17-8-9-21-12-4-2-1-3-5-12/h1-7H,8-9H2,(H,16,17). The summed E-state index contributed by atoms with van der Waals surface area (Å²) in [7, 11) is 0. The second-order valence-electron chi connectivity index (χ2n) is 4.01. The van der Waals surface area contributed by atoms with E-state index in [1.165, 1.54) is 12.3 Å². The van der Waals surface area contributed by atoms with Crippen LogP contribution in [0.5, 0.6) is 5.75 Å². The Hall–Kier alpha value is -3.14. The SMILES string of the molecule is N#Cc1ccnc(NCCOc2ccccc2)c1[N+](=O)[O-]. The van der Waals surface area contributed by atoms with Gasteiger partial charge in [-0.1, -0.05) is 18.2 Å². The van der Waals surface area contributed by atoms with Crippen LogP contribution in [0.3, 0.4) is 0 Å². The number of nitrogens with zero attached hydrogens (tertiary/aromatic N) is 3. The molecule has 0 aliphatic heterocycles. The Kier molecular flexibility index (Phi) is 4.66. The molecule has 0 bridgehead atoms. The maximum absolute atomic E-state index is 11.0. The number of para-hydroxylation sites is 1. The zero-order valence-electron chi connectivity index (χ0n) is 11.0. The van der Waals surface area contributed by atoms with Crippen LogP contribution in [0.4, 0.5) is 11.5 Å². The van der Waals surface area contributed by atoms with E-state index in [2.05, 4.69) is 10.3 Å². The Bertz CT molecular complexity index is 668. The highest BCUT2D eigenvalue weighted by atomic mass is 16.6. The van der Waals surface area contributed by atoms with E-state index in [1.54, 1.807) is 6.07 Å². The number of nitrogens with one attached hydrogen (secondary N) is 1. The summed E-state index contributed by atoms with van der Waals surface area (Å²) in [6.45, 7) is 0.650. The third-order valence-corrected chi connectivity index (χ3v) is 2.63. The number of rotatable bonds is 6. The van der Waals surface area contributed by atoms with Gasteiger partial charge in [0.2, 0.25) is 5.82 Å². The number of ether oxygens (including phenoxy) is 1. The molecule has 106 valence electrons. The van der Waals surface area contributed by atoms with Crippen LogP contribution in [-0.4, -0.2) is 23.1 Å². The van der Waals surface area contributed by atoms with Crippen LogP contribution in [0.1, 0.15) is 5.56 Å². The highest BCUT2D eigenvalue weighted by Crippen LogP contribution is 2.25. The number of nitriles is 1. The molecule has 1 N–H and O–H groups in total. The van der Waals surface area contributed by atoms with Gasteiger partial charge in [-0.25, -0.2) is 4.98 Å². The highest BCUT2D eigenvalue weighted by Gasteiger charge is 2.20. The Morgan fingerprint density at radius 3 is 2.76 bits per heavy atom. The molecule has 2 rings (SSSR count). The lowest BCUT2D eigenvalue weighted by Gasteiger charge is -2.08. The summed E-state index contributed by atoms with van der Waals surface area (Å²) in [4.78, 5) is 14.3. The van der Waals surface area contributed by atoms with Crippen molar-refractivity contribution in [3.05, 3.63) is 58.3 Å². The van der Waals surface area contributed by atoms with Crippen molar-refractivity contribution in [2.45, 2.75) is 0 Å². The quantitative estimate of drug-likeness (QED) is 0.496. The van der Waals surface area contributed by atoms with Gasteiger partial charge in [-0.15, -0.1) is 0 Å². The van der Waals surface area contributed by atoms with Gasteiger partial charge in [-0.05, 0) is 18.2 Å². The lowest BCUT2D eigenvalue weighted by Crippen LogP contribution is -2.13. The fourth-order valence-electron chi connectivity index (χ4n) is 1.71. The molecule has 0 fully saturated rings. The number of nitro groups is 1. The molecule has 7 nitrogen and oxygen atoms in total. The molecule has 0 unspecified atom stereocenters. The van der Waals surface area contributed by atoms with Gasteiger partial charge in [0.25, 0.3) is 0 Å². The van der Waals surface area contributed by atoms with Crippen molar-refractivity contribution >= 4 is 11.5 Å². The molecule has 0 aliphatic rings. The van der Waals surface area contributed by atoms with E-state index < -0.39 is 4.92 Å². The fourth-order valence-corrected chi connectivity index (χ4v) is 1.71. The summed E-state index contributed by atoms with van der Waals surface area (Å²) in [5.74, 6) is 0.781. The predicted molar refractivity (Wildman–Crippen MR) is 76.0 cm³/mol. The van der Waals surface area contributed by atoms with Gasteiger partial charge in [0.05, 0.1) is 11.5 Å². The summed E-state index contributed by atoms with van der Waals surface area (Å²) in [6, 6.07) is 12.3. The zero-order chi connectivity index (χ0) is 15.1. The van der Waals surface area contributed by atoms with E-state index in [0.29, 0.717) is 18.9 Å². The second-order valence-corrected chi connectivity index (χ2v) is 4.01. The van der Waals surface area contributed by atoms with Gasteiger partial charge >= 0.3 is 5.69 Å². The number of anilines is 1. The molecule has 0 spiro atoms. The molecule has 0 saturated carbocycles. The topological polar surface area (TPSA) is 101 Å². The summed E-state index contributed by atoms with van der Waals surface area (Å²) in [5.41, 5.74) is -0.346. The van der Waals surface area contributed by atoms with Crippen molar-refractivity contribution in [2.75, 3.05) is 18.5 Å². The average molecular weight is 284 g/mol. The first kappa shape index (κ1) is 14.3. The molecule has 7 heteroatoms. The molecule has 0 atom stereocenters. The van der Waals surface area contributed by atoms with Crippen molar-refractivity contribution in [3.63, 3.8) is 0 Å². The van der Waals surface area contributed by atoms with Crippen molar-refractivity contribution in [1.29, 1.82) is 5.26 Å². The summed E-state index contributed by atoms with van der Waals surface area (Å²) in [6.07, 6.45) is 1.35. The van der Waals surface area contributed by atoms with E-state index in [-0.39, 0.29) is 17.1 Å². The molecule has 0 radical (unpaired) electrons. The molecule has 2 aromatic rings. The third kappa shape index (κ3) is 3.67. The van der Waals surface area contributed by atoms with Crippen LogP contribution in [-0.2, 0) is 0 Å². The highest BCUT2D eigenvalue weighted by molar-refractivity contribution is 5.63. The first-order valence-corrected chi connectivity index (χ1v) is 6.17. The van der Waals surface area contributed by atoms with Gasteiger partial charge < -0.3 is 10.1 Å². The minimum atomic E-state index is -0.619. The molecule has 0 amide bonds. The number of pyridine rings is 1. The van der Waals surface area contributed by atoms with Gasteiger partial charge in [0.15, 0.2) is 0 Å². The molecule has 0 saturated heterocycles. The van der Waals surface area contributed by atoms with E-state index in [4.69, 9.17) is 10.00 Å². The molecule has 0 aliphatic carbocycles. The van der Waals surface area contributed by atoms with Gasteiger partial charge in [-0.3, -0.25) is 10.1 Å². The molecule has 1 heterocycles. The normalized spacial score (nSPS) is 9.67. The van der Waals surface area contributed by atoms with Crippen molar-refractivity contribution < 1.29 is 9.66 Å². The Balaban J connectivity index is 1.98. The van der Waals surface area contributed by atoms with Crippen LogP contribution >= 0.6 is 0 Å². The third-order valence-electron chi connectivity index (χ3n) is 2.63. The van der Waals surface area contributed by atoms with Crippen molar-refractivity contribution in [2.24, 2.45) is 0 Å². The van der Waals surface area contributed by atoms with E-state index in [1.807, 2.05) is 30.3 Å². The first-order chi connectivity index (χ1) is 10.2. The Morgan fingerprint density at radius 1 is 1.33 bits per heavy atom. The smallest absolute Gasteiger partial charge is 0.328 e. The van der Waals surface area contributed by atoms with Crippen LogP contribution in [0.2, 0.25) is 0 Å². The maximum atomic E-state index is 11.0. The minimum absolute atomic E-state index is 0.0264.